The van der Waals surface area contributed by atoms with E-state index in [1.165, 1.54) is 0 Å². The number of hydrogen-bond donors (Lipinski definition) is 2. The fourth-order valence-corrected chi connectivity index (χ4v) is 2.70. The van der Waals surface area contributed by atoms with E-state index in [4.69, 9.17) is 5.73 Å². The highest BCUT2D eigenvalue weighted by Gasteiger charge is 2.17. The molecule has 6 heteroatoms. The molecule has 24 heavy (non-hydrogen) atoms. The van der Waals surface area contributed by atoms with Gasteiger partial charge in [-0.1, -0.05) is 12.1 Å². The predicted molar refractivity (Wildman–Crippen MR) is 95.3 cm³/mol. The minimum Gasteiger partial charge on any atom is -0.374 e. The number of aryl methyl sites for hydroxylation is 1. The van der Waals surface area contributed by atoms with E-state index in [1.54, 1.807) is 6.20 Å². The Balaban J connectivity index is 2.02. The van der Waals surface area contributed by atoms with Gasteiger partial charge in [0, 0.05) is 51.2 Å². The molecule has 0 spiro atoms. The zero-order valence-corrected chi connectivity index (χ0v) is 14.4. The number of hydrogen-bond acceptors (Lipinski definition) is 5. The summed E-state index contributed by atoms with van der Waals surface area (Å²) in [7, 11) is 0. The molecular formula is C18H25N5O. The fraction of sp³-hybridized carbons (Fsp3) is 0.444. The molecule has 128 valence electrons. The molecule has 1 aromatic rings. The van der Waals surface area contributed by atoms with Crippen molar-refractivity contribution in [1.29, 1.82) is 5.26 Å². The van der Waals surface area contributed by atoms with Gasteiger partial charge < -0.3 is 16.0 Å². The smallest absolute Gasteiger partial charge is 0.267 e. The minimum absolute atomic E-state index is 0.128. The normalized spacial score (nSPS) is 15.9. The molecule has 0 unspecified atom stereocenters. The predicted octanol–water partition coefficient (Wildman–Crippen LogP) is 1.23. The number of carbonyl (C=O) groups is 1. The van der Waals surface area contributed by atoms with Gasteiger partial charge in [0.2, 0.25) is 0 Å². The fourth-order valence-electron chi connectivity index (χ4n) is 2.70. The van der Waals surface area contributed by atoms with Crippen LogP contribution in [0.3, 0.4) is 0 Å². The number of benzene rings is 1. The molecule has 0 atom stereocenters. The summed E-state index contributed by atoms with van der Waals surface area (Å²) in [4.78, 5) is 16.7. The van der Waals surface area contributed by atoms with Crippen molar-refractivity contribution in [2.75, 3.05) is 44.6 Å². The van der Waals surface area contributed by atoms with Crippen LogP contribution >= 0.6 is 0 Å². The summed E-state index contributed by atoms with van der Waals surface area (Å²) in [5.74, 6) is -0.365. The van der Waals surface area contributed by atoms with E-state index < -0.39 is 0 Å². The van der Waals surface area contributed by atoms with Gasteiger partial charge in [-0.05, 0) is 31.0 Å². The van der Waals surface area contributed by atoms with Gasteiger partial charge in [-0.15, -0.1) is 0 Å². The molecule has 0 aliphatic carbocycles. The first-order chi connectivity index (χ1) is 11.5. The van der Waals surface area contributed by atoms with Gasteiger partial charge in [-0.2, -0.15) is 5.26 Å². The standard InChI is InChI=1S/C18H25N5O/c1-14-4-3-5-17(15(14)2)21-18(24)16(12-20)13-23-10-8-22(7-6-19)9-11-23/h3-5,13H,6-11,19H2,1-2H3,(H,21,24)/b16-13-. The topological polar surface area (TPSA) is 85.4 Å². The van der Waals surface area contributed by atoms with Gasteiger partial charge in [-0.3, -0.25) is 9.69 Å². The Bertz CT molecular complexity index is 654. The second-order valence-electron chi connectivity index (χ2n) is 6.02. The molecule has 1 amide bonds. The Kier molecular flexibility index (Phi) is 6.36. The van der Waals surface area contributed by atoms with E-state index in [2.05, 4.69) is 10.2 Å². The minimum atomic E-state index is -0.365. The molecule has 3 N–H and O–H groups in total. The van der Waals surface area contributed by atoms with E-state index in [-0.39, 0.29) is 11.5 Å². The maximum atomic E-state index is 12.4. The summed E-state index contributed by atoms with van der Waals surface area (Å²) in [6, 6.07) is 7.75. The summed E-state index contributed by atoms with van der Waals surface area (Å²) in [5.41, 5.74) is 8.56. The van der Waals surface area contributed by atoms with Gasteiger partial charge in [-0.25, -0.2) is 0 Å². The number of nitrogens with zero attached hydrogens (tertiary/aromatic N) is 3. The van der Waals surface area contributed by atoms with Crippen LogP contribution in [0.2, 0.25) is 0 Å². The van der Waals surface area contributed by atoms with Crippen molar-refractivity contribution in [3.63, 3.8) is 0 Å². The largest absolute Gasteiger partial charge is 0.374 e. The average Bonchev–Trinajstić information content (AvgIpc) is 2.58. The summed E-state index contributed by atoms with van der Waals surface area (Å²) in [6.07, 6.45) is 1.67. The van der Waals surface area contributed by atoms with Crippen molar-refractivity contribution in [2.24, 2.45) is 5.73 Å². The molecule has 1 aliphatic rings. The molecule has 1 heterocycles. The van der Waals surface area contributed by atoms with E-state index in [1.807, 2.05) is 43.0 Å². The molecule has 6 nitrogen and oxygen atoms in total. The zero-order valence-electron chi connectivity index (χ0n) is 14.4. The van der Waals surface area contributed by atoms with Crippen LogP contribution in [0.4, 0.5) is 5.69 Å². The van der Waals surface area contributed by atoms with Gasteiger partial charge >= 0.3 is 0 Å². The number of carbonyl (C=O) groups excluding carboxylic acids is 1. The maximum absolute atomic E-state index is 12.4. The zero-order chi connectivity index (χ0) is 17.5. The number of rotatable bonds is 5. The molecular weight excluding hydrogens is 302 g/mol. The Labute approximate surface area is 143 Å². The van der Waals surface area contributed by atoms with E-state index in [9.17, 15) is 10.1 Å². The van der Waals surface area contributed by atoms with E-state index in [0.717, 1.165) is 49.5 Å². The lowest BCUT2D eigenvalue weighted by atomic mass is 10.1. The molecule has 1 fully saturated rings. The summed E-state index contributed by atoms with van der Waals surface area (Å²) in [5, 5.41) is 12.2. The van der Waals surface area contributed by atoms with Crippen LogP contribution in [0.15, 0.2) is 30.0 Å². The van der Waals surface area contributed by atoms with Crippen molar-refractivity contribution in [2.45, 2.75) is 13.8 Å². The number of piperazine rings is 1. The van der Waals surface area contributed by atoms with E-state index >= 15 is 0 Å². The monoisotopic (exact) mass is 327 g/mol. The second-order valence-corrected chi connectivity index (χ2v) is 6.02. The van der Waals surface area contributed by atoms with Crippen LogP contribution in [0.5, 0.6) is 0 Å². The SMILES string of the molecule is Cc1cccc(NC(=O)/C(C#N)=C\N2CCN(CCN)CC2)c1C. The quantitative estimate of drug-likeness (QED) is 0.627. The summed E-state index contributed by atoms with van der Waals surface area (Å²) < 4.78 is 0. The molecule has 0 aromatic heterocycles. The Hall–Kier alpha value is -2.36. The third kappa shape index (κ3) is 4.57. The van der Waals surface area contributed by atoms with Crippen LogP contribution in [0.25, 0.3) is 0 Å². The molecule has 0 bridgehead atoms. The van der Waals surface area contributed by atoms with Crippen molar-refractivity contribution >= 4 is 11.6 Å². The molecule has 1 aromatic carbocycles. The Morgan fingerprint density at radius 2 is 2.04 bits per heavy atom. The van der Waals surface area contributed by atoms with Crippen LogP contribution in [0, 0.1) is 25.2 Å². The number of nitrogens with one attached hydrogen (secondary N) is 1. The highest BCUT2D eigenvalue weighted by molar-refractivity contribution is 6.06. The lowest BCUT2D eigenvalue weighted by molar-refractivity contribution is -0.112. The van der Waals surface area contributed by atoms with Crippen LogP contribution in [0.1, 0.15) is 11.1 Å². The number of anilines is 1. The average molecular weight is 327 g/mol. The van der Waals surface area contributed by atoms with Gasteiger partial charge in [0.05, 0.1) is 0 Å². The summed E-state index contributed by atoms with van der Waals surface area (Å²) in [6.45, 7) is 8.86. The van der Waals surface area contributed by atoms with Gasteiger partial charge in [0.1, 0.15) is 11.6 Å². The Morgan fingerprint density at radius 1 is 1.33 bits per heavy atom. The lowest BCUT2D eigenvalue weighted by Gasteiger charge is -2.33. The molecule has 2 rings (SSSR count). The number of amides is 1. The van der Waals surface area contributed by atoms with Crippen molar-refractivity contribution in [1.82, 2.24) is 9.80 Å². The molecule has 1 aliphatic heterocycles. The Morgan fingerprint density at radius 3 is 2.67 bits per heavy atom. The lowest BCUT2D eigenvalue weighted by Crippen LogP contribution is -2.45. The second kappa shape index (κ2) is 8.48. The highest BCUT2D eigenvalue weighted by atomic mass is 16.1. The highest BCUT2D eigenvalue weighted by Crippen LogP contribution is 2.18. The number of nitrogens with two attached hydrogens (primary N) is 1. The maximum Gasteiger partial charge on any atom is 0.267 e. The first-order valence-corrected chi connectivity index (χ1v) is 8.21. The van der Waals surface area contributed by atoms with Gasteiger partial charge in [0.25, 0.3) is 5.91 Å². The number of nitriles is 1. The third-order valence-electron chi connectivity index (χ3n) is 4.38. The molecule has 0 radical (unpaired) electrons. The van der Waals surface area contributed by atoms with Crippen molar-refractivity contribution in [3.05, 3.63) is 41.1 Å². The van der Waals surface area contributed by atoms with Crippen LogP contribution in [-0.2, 0) is 4.79 Å². The molecule has 0 saturated carbocycles. The van der Waals surface area contributed by atoms with Crippen LogP contribution < -0.4 is 11.1 Å². The van der Waals surface area contributed by atoms with Crippen molar-refractivity contribution in [3.8, 4) is 6.07 Å². The van der Waals surface area contributed by atoms with Crippen LogP contribution in [-0.4, -0.2) is 55.0 Å². The van der Waals surface area contributed by atoms with E-state index in [0.29, 0.717) is 6.54 Å². The van der Waals surface area contributed by atoms with Gasteiger partial charge in [0.15, 0.2) is 0 Å². The molecule has 1 saturated heterocycles. The third-order valence-corrected chi connectivity index (χ3v) is 4.38. The first-order valence-electron chi connectivity index (χ1n) is 8.21. The first kappa shape index (κ1) is 18.0. The summed E-state index contributed by atoms with van der Waals surface area (Å²) >= 11 is 0. The van der Waals surface area contributed by atoms with Crippen molar-refractivity contribution < 1.29 is 4.79 Å².